The quantitative estimate of drug-likeness (QED) is 0.841. The van der Waals surface area contributed by atoms with Crippen LogP contribution in [0.25, 0.3) is 0 Å². The lowest BCUT2D eigenvalue weighted by atomic mass is 9.78. The Hall–Kier alpha value is -1.02. The van der Waals surface area contributed by atoms with Gasteiger partial charge in [-0.3, -0.25) is 4.90 Å². The smallest absolute Gasteiger partial charge is 0.0347 e. The van der Waals surface area contributed by atoms with E-state index in [1.54, 1.807) is 0 Å². The Morgan fingerprint density at radius 2 is 1.84 bits per heavy atom. The number of nitrogens with zero attached hydrogens (tertiary/aromatic N) is 1. The molecule has 0 radical (unpaired) electrons. The van der Waals surface area contributed by atoms with Gasteiger partial charge in [0.15, 0.2) is 0 Å². The molecule has 1 heterocycles. The van der Waals surface area contributed by atoms with Crippen LogP contribution in [0.4, 0.5) is 5.69 Å². The molecule has 1 saturated heterocycles. The minimum absolute atomic E-state index is 0.868. The van der Waals surface area contributed by atoms with E-state index >= 15 is 0 Å². The summed E-state index contributed by atoms with van der Waals surface area (Å²) >= 11 is 0. The standard InChI is InChI=1S/C17H26N2/c18-16-9-3-1-6-14(16)11-13-19-12-5-8-15-7-2-4-10-17(15)19/h1,3,6,9,15,17H,2,4-5,7-8,10-13,18H2. The molecule has 0 bridgehead atoms. The summed E-state index contributed by atoms with van der Waals surface area (Å²) in [4.78, 5) is 2.75. The maximum atomic E-state index is 6.05. The predicted molar refractivity (Wildman–Crippen MR) is 81.1 cm³/mol. The van der Waals surface area contributed by atoms with E-state index in [1.807, 2.05) is 12.1 Å². The fraction of sp³-hybridized carbons (Fsp3) is 0.647. The van der Waals surface area contributed by atoms with Gasteiger partial charge in [0, 0.05) is 18.3 Å². The number of piperidine rings is 1. The summed E-state index contributed by atoms with van der Waals surface area (Å²) in [6.07, 6.45) is 9.76. The summed E-state index contributed by atoms with van der Waals surface area (Å²) in [7, 11) is 0. The maximum absolute atomic E-state index is 6.05. The Balaban J connectivity index is 1.61. The van der Waals surface area contributed by atoms with Crippen LogP contribution >= 0.6 is 0 Å². The molecule has 1 aliphatic carbocycles. The Kier molecular flexibility index (Phi) is 4.07. The zero-order valence-corrected chi connectivity index (χ0v) is 11.9. The molecule has 2 fully saturated rings. The van der Waals surface area contributed by atoms with Crippen molar-refractivity contribution in [3.05, 3.63) is 29.8 Å². The molecule has 2 aliphatic rings. The maximum Gasteiger partial charge on any atom is 0.0347 e. The Labute approximate surface area is 117 Å². The number of nitrogen functional groups attached to an aromatic ring is 1. The number of likely N-dealkylation sites (tertiary alicyclic amines) is 1. The Morgan fingerprint density at radius 3 is 2.74 bits per heavy atom. The molecule has 19 heavy (non-hydrogen) atoms. The summed E-state index contributed by atoms with van der Waals surface area (Å²) in [5.41, 5.74) is 8.33. The van der Waals surface area contributed by atoms with E-state index in [0.29, 0.717) is 0 Å². The third-order valence-corrected chi connectivity index (χ3v) is 5.08. The van der Waals surface area contributed by atoms with E-state index in [9.17, 15) is 0 Å². The Morgan fingerprint density at radius 1 is 1.05 bits per heavy atom. The van der Waals surface area contributed by atoms with E-state index in [1.165, 1.54) is 57.2 Å². The van der Waals surface area contributed by atoms with Gasteiger partial charge in [-0.05, 0) is 56.2 Å². The molecule has 2 nitrogen and oxygen atoms in total. The van der Waals surface area contributed by atoms with Crippen molar-refractivity contribution in [3.63, 3.8) is 0 Å². The van der Waals surface area contributed by atoms with E-state index in [-0.39, 0.29) is 0 Å². The first kappa shape index (κ1) is 13.0. The van der Waals surface area contributed by atoms with E-state index in [0.717, 1.165) is 24.1 Å². The third kappa shape index (κ3) is 2.94. The molecule has 2 heteroatoms. The summed E-state index contributed by atoms with van der Waals surface area (Å²) in [5.74, 6) is 0.982. The second-order valence-electron chi connectivity index (χ2n) is 6.24. The number of fused-ring (bicyclic) bond motifs is 1. The van der Waals surface area contributed by atoms with Crippen molar-refractivity contribution >= 4 is 5.69 Å². The number of hydrogen-bond donors (Lipinski definition) is 1. The predicted octanol–water partition coefficient (Wildman–Crippen LogP) is 3.47. The summed E-state index contributed by atoms with van der Waals surface area (Å²) in [6.45, 7) is 2.49. The normalized spacial score (nSPS) is 28.0. The topological polar surface area (TPSA) is 29.3 Å². The number of rotatable bonds is 3. The molecule has 3 rings (SSSR count). The van der Waals surface area contributed by atoms with Gasteiger partial charge in [0.05, 0.1) is 0 Å². The van der Waals surface area contributed by atoms with Crippen molar-refractivity contribution < 1.29 is 0 Å². The lowest BCUT2D eigenvalue weighted by Gasteiger charge is -2.44. The van der Waals surface area contributed by atoms with Crippen molar-refractivity contribution in [1.82, 2.24) is 4.90 Å². The lowest BCUT2D eigenvalue weighted by molar-refractivity contribution is 0.0620. The minimum Gasteiger partial charge on any atom is -0.399 e. The van der Waals surface area contributed by atoms with Gasteiger partial charge >= 0.3 is 0 Å². The van der Waals surface area contributed by atoms with E-state index < -0.39 is 0 Å². The Bertz CT molecular complexity index is 413. The highest BCUT2D eigenvalue weighted by molar-refractivity contribution is 5.46. The van der Waals surface area contributed by atoms with Crippen molar-refractivity contribution in [3.8, 4) is 0 Å². The molecule has 1 aromatic carbocycles. The van der Waals surface area contributed by atoms with Gasteiger partial charge < -0.3 is 5.73 Å². The van der Waals surface area contributed by atoms with E-state index in [4.69, 9.17) is 5.73 Å². The number of anilines is 1. The van der Waals surface area contributed by atoms with Gasteiger partial charge in [-0.25, -0.2) is 0 Å². The first-order valence-corrected chi connectivity index (χ1v) is 7.92. The van der Waals surface area contributed by atoms with Crippen molar-refractivity contribution in [2.45, 2.75) is 51.0 Å². The highest BCUT2D eigenvalue weighted by atomic mass is 15.2. The number of hydrogen-bond acceptors (Lipinski definition) is 2. The van der Waals surface area contributed by atoms with E-state index in [2.05, 4.69) is 17.0 Å². The second kappa shape index (κ2) is 5.96. The number of benzene rings is 1. The average molecular weight is 258 g/mol. The zero-order chi connectivity index (χ0) is 13.1. The van der Waals surface area contributed by atoms with Gasteiger partial charge in [-0.1, -0.05) is 31.0 Å². The fourth-order valence-electron chi connectivity index (χ4n) is 4.03. The van der Waals surface area contributed by atoms with Crippen molar-refractivity contribution in [1.29, 1.82) is 0 Å². The van der Waals surface area contributed by atoms with Crippen molar-refractivity contribution in [2.75, 3.05) is 18.8 Å². The van der Waals surface area contributed by atoms with Gasteiger partial charge in [0.2, 0.25) is 0 Å². The highest BCUT2D eigenvalue weighted by Gasteiger charge is 2.32. The van der Waals surface area contributed by atoms with Gasteiger partial charge in [0.25, 0.3) is 0 Å². The van der Waals surface area contributed by atoms with Crippen LogP contribution in [0.2, 0.25) is 0 Å². The molecular formula is C17H26N2. The van der Waals surface area contributed by atoms with Crippen molar-refractivity contribution in [2.24, 2.45) is 5.92 Å². The SMILES string of the molecule is Nc1ccccc1CCN1CCCC2CCCCC21. The molecule has 1 saturated carbocycles. The lowest BCUT2D eigenvalue weighted by Crippen LogP contribution is -2.47. The molecule has 1 aliphatic heterocycles. The molecular weight excluding hydrogens is 232 g/mol. The number of para-hydroxylation sites is 1. The summed E-state index contributed by atoms with van der Waals surface area (Å²) in [5, 5.41) is 0. The summed E-state index contributed by atoms with van der Waals surface area (Å²) in [6, 6.07) is 9.20. The van der Waals surface area contributed by atoms with Crippen LogP contribution in [0.15, 0.2) is 24.3 Å². The molecule has 104 valence electrons. The van der Waals surface area contributed by atoms with Gasteiger partial charge in [-0.15, -0.1) is 0 Å². The van der Waals surface area contributed by atoms with Crippen LogP contribution in [0.5, 0.6) is 0 Å². The fourth-order valence-corrected chi connectivity index (χ4v) is 4.03. The average Bonchev–Trinajstić information content (AvgIpc) is 2.46. The third-order valence-electron chi connectivity index (χ3n) is 5.08. The molecule has 2 atom stereocenters. The first-order chi connectivity index (χ1) is 9.34. The summed E-state index contributed by atoms with van der Waals surface area (Å²) < 4.78 is 0. The van der Waals surface area contributed by atoms with Crippen LogP contribution < -0.4 is 5.73 Å². The zero-order valence-electron chi connectivity index (χ0n) is 11.9. The molecule has 1 aromatic rings. The number of nitrogens with two attached hydrogens (primary N) is 1. The van der Waals surface area contributed by atoms with Gasteiger partial charge in [0.1, 0.15) is 0 Å². The van der Waals surface area contributed by atoms with Crippen LogP contribution in [0.3, 0.4) is 0 Å². The second-order valence-corrected chi connectivity index (χ2v) is 6.24. The van der Waals surface area contributed by atoms with Crippen LogP contribution in [0.1, 0.15) is 44.1 Å². The molecule has 0 aromatic heterocycles. The first-order valence-electron chi connectivity index (χ1n) is 7.92. The minimum atomic E-state index is 0.868. The molecule has 0 amide bonds. The monoisotopic (exact) mass is 258 g/mol. The van der Waals surface area contributed by atoms with Crippen LogP contribution in [0, 0.1) is 5.92 Å². The highest BCUT2D eigenvalue weighted by Crippen LogP contribution is 2.35. The largest absolute Gasteiger partial charge is 0.399 e. The van der Waals surface area contributed by atoms with Gasteiger partial charge in [-0.2, -0.15) is 0 Å². The molecule has 2 unspecified atom stereocenters. The molecule has 0 spiro atoms. The van der Waals surface area contributed by atoms with Crippen LogP contribution in [-0.4, -0.2) is 24.0 Å². The van der Waals surface area contributed by atoms with Crippen LogP contribution in [-0.2, 0) is 6.42 Å². The molecule has 2 N–H and O–H groups in total.